The van der Waals surface area contributed by atoms with E-state index in [9.17, 15) is 0 Å². The highest BCUT2D eigenvalue weighted by Gasteiger charge is 2.19. The normalized spacial score (nSPS) is 11.6. The average molecular weight is 534 g/mol. The fraction of sp³-hybridized carbons (Fsp3) is 0. The first-order valence-electron chi connectivity index (χ1n) is 13.1. The van der Waals surface area contributed by atoms with Gasteiger partial charge in [0.25, 0.3) is 0 Å². The molecule has 0 N–H and O–H groups in total. The Morgan fingerprint density at radius 3 is 2.02 bits per heavy atom. The van der Waals surface area contributed by atoms with Gasteiger partial charge < -0.3 is 4.42 Å². The van der Waals surface area contributed by atoms with Crippen LogP contribution in [0, 0.1) is 0 Å². The lowest BCUT2D eigenvalue weighted by Crippen LogP contribution is -2.01. The zero-order valence-corrected chi connectivity index (χ0v) is 21.9. The molecular weight excluding hydrogens is 514 g/mol. The zero-order chi connectivity index (χ0) is 26.6. The molecule has 0 aliphatic rings. The van der Waals surface area contributed by atoms with Crippen LogP contribution in [0.4, 0.5) is 0 Å². The first-order chi connectivity index (χ1) is 19.7. The van der Waals surface area contributed by atoms with Crippen molar-refractivity contribution < 1.29 is 4.42 Å². The lowest BCUT2D eigenvalue weighted by atomic mass is 9.97. The average Bonchev–Trinajstić information content (AvgIpc) is 3.38. The summed E-state index contributed by atoms with van der Waals surface area (Å²) in [5, 5.41) is 7.15. The molecule has 8 aromatic rings. The van der Waals surface area contributed by atoms with Gasteiger partial charge in [0, 0.05) is 38.6 Å². The molecule has 0 unspecified atom stereocenters. The SMILES string of the molecule is Clc1ccc2c(c1)oc1cccc(-c3nc(-c4ccccc4)nc(-c4cc5ccccc5c5ccccc45)n3)c12. The van der Waals surface area contributed by atoms with Gasteiger partial charge in [-0.1, -0.05) is 103 Å². The molecule has 0 fully saturated rings. The Kier molecular flexibility index (Phi) is 5.15. The fourth-order valence-electron chi connectivity index (χ4n) is 5.56. The second-order valence-electron chi connectivity index (χ2n) is 9.78. The minimum atomic E-state index is 0.587. The molecule has 0 aliphatic heterocycles. The van der Waals surface area contributed by atoms with E-state index < -0.39 is 0 Å². The van der Waals surface area contributed by atoms with Crippen LogP contribution in [0.15, 0.2) is 126 Å². The fourth-order valence-corrected chi connectivity index (χ4v) is 5.72. The first kappa shape index (κ1) is 22.9. The van der Waals surface area contributed by atoms with Gasteiger partial charge in [0.05, 0.1) is 0 Å². The van der Waals surface area contributed by atoms with E-state index in [0.717, 1.165) is 49.4 Å². The van der Waals surface area contributed by atoms with Crippen LogP contribution in [0.1, 0.15) is 0 Å². The van der Waals surface area contributed by atoms with E-state index in [-0.39, 0.29) is 0 Å². The number of benzene rings is 6. The van der Waals surface area contributed by atoms with Gasteiger partial charge >= 0.3 is 0 Å². The van der Waals surface area contributed by atoms with Crippen LogP contribution in [0.5, 0.6) is 0 Å². The second-order valence-corrected chi connectivity index (χ2v) is 10.2. The molecule has 0 atom stereocenters. The Balaban J connectivity index is 1.46. The monoisotopic (exact) mass is 533 g/mol. The Morgan fingerprint density at radius 2 is 1.18 bits per heavy atom. The number of fused-ring (bicyclic) bond motifs is 6. The third kappa shape index (κ3) is 3.65. The number of furan rings is 1. The van der Waals surface area contributed by atoms with Crippen molar-refractivity contribution in [1.29, 1.82) is 0 Å². The largest absolute Gasteiger partial charge is 0.456 e. The number of hydrogen-bond donors (Lipinski definition) is 0. The third-order valence-corrected chi connectivity index (χ3v) is 7.61. The Labute approximate surface area is 234 Å². The van der Waals surface area contributed by atoms with Crippen molar-refractivity contribution in [2.45, 2.75) is 0 Å². The maximum absolute atomic E-state index is 6.28. The summed E-state index contributed by atoms with van der Waals surface area (Å²) in [6, 6.07) is 40.8. The zero-order valence-electron chi connectivity index (χ0n) is 21.2. The van der Waals surface area contributed by atoms with Crippen molar-refractivity contribution in [3.63, 3.8) is 0 Å². The van der Waals surface area contributed by atoms with Crippen molar-refractivity contribution in [3.05, 3.63) is 126 Å². The summed E-state index contributed by atoms with van der Waals surface area (Å²) in [6.45, 7) is 0. The van der Waals surface area contributed by atoms with Crippen LogP contribution in [-0.2, 0) is 0 Å². The Hall–Kier alpha value is -5.06. The van der Waals surface area contributed by atoms with Gasteiger partial charge in [-0.25, -0.2) is 15.0 Å². The summed E-state index contributed by atoms with van der Waals surface area (Å²) in [5.74, 6) is 1.83. The van der Waals surface area contributed by atoms with Crippen LogP contribution < -0.4 is 0 Å². The van der Waals surface area contributed by atoms with Gasteiger partial charge in [0.2, 0.25) is 0 Å². The minimum absolute atomic E-state index is 0.587. The van der Waals surface area contributed by atoms with Gasteiger partial charge in [-0.2, -0.15) is 0 Å². The standard InChI is InChI=1S/C35H20ClN3O/c36-23-17-18-27-31(20-23)40-30-16-8-15-28(32(27)30)34-37-33(21-9-2-1-3-10-21)38-35(39-34)29-19-22-11-4-5-12-24(22)25-13-6-7-14-26(25)29/h1-20H. The van der Waals surface area contributed by atoms with Crippen LogP contribution in [0.2, 0.25) is 5.02 Å². The van der Waals surface area contributed by atoms with Gasteiger partial charge in [-0.15, -0.1) is 0 Å². The van der Waals surface area contributed by atoms with Gasteiger partial charge in [0.1, 0.15) is 11.2 Å². The van der Waals surface area contributed by atoms with Crippen LogP contribution >= 0.6 is 11.6 Å². The molecule has 8 rings (SSSR count). The molecule has 2 heterocycles. The predicted octanol–water partition coefficient (Wildman–Crippen LogP) is 9.73. The summed E-state index contributed by atoms with van der Waals surface area (Å²) in [5.41, 5.74) is 4.26. The van der Waals surface area contributed by atoms with Crippen LogP contribution in [0.25, 0.3) is 77.6 Å². The van der Waals surface area contributed by atoms with Gasteiger partial charge in [-0.05, 0) is 45.8 Å². The van der Waals surface area contributed by atoms with Crippen molar-refractivity contribution >= 4 is 55.1 Å². The number of aromatic nitrogens is 3. The highest BCUT2D eigenvalue weighted by Crippen LogP contribution is 2.39. The molecule has 0 radical (unpaired) electrons. The molecule has 6 aromatic carbocycles. The highest BCUT2D eigenvalue weighted by molar-refractivity contribution is 6.31. The van der Waals surface area contributed by atoms with Crippen molar-refractivity contribution in [1.82, 2.24) is 15.0 Å². The topological polar surface area (TPSA) is 51.8 Å². The van der Waals surface area contributed by atoms with E-state index in [1.54, 1.807) is 0 Å². The van der Waals surface area contributed by atoms with Crippen LogP contribution in [0.3, 0.4) is 0 Å². The molecule has 0 spiro atoms. The quantitative estimate of drug-likeness (QED) is 0.212. The molecule has 0 aliphatic carbocycles. The van der Waals surface area contributed by atoms with E-state index in [1.807, 2.05) is 66.7 Å². The summed E-state index contributed by atoms with van der Waals surface area (Å²) in [4.78, 5) is 15.2. The molecule has 4 nitrogen and oxygen atoms in total. The smallest absolute Gasteiger partial charge is 0.164 e. The maximum Gasteiger partial charge on any atom is 0.164 e. The maximum atomic E-state index is 6.28. The highest BCUT2D eigenvalue weighted by atomic mass is 35.5. The molecule has 0 amide bonds. The molecular formula is C35H20ClN3O. The third-order valence-electron chi connectivity index (χ3n) is 7.38. The van der Waals surface area contributed by atoms with E-state index >= 15 is 0 Å². The van der Waals surface area contributed by atoms with Gasteiger partial charge in [-0.3, -0.25) is 0 Å². The predicted molar refractivity (Wildman–Crippen MR) is 163 cm³/mol. The number of hydrogen-bond acceptors (Lipinski definition) is 4. The van der Waals surface area contributed by atoms with Crippen LogP contribution in [-0.4, -0.2) is 15.0 Å². The number of nitrogens with zero attached hydrogens (tertiary/aromatic N) is 3. The minimum Gasteiger partial charge on any atom is -0.456 e. The number of halogens is 1. The van der Waals surface area contributed by atoms with E-state index in [1.165, 1.54) is 10.8 Å². The molecule has 188 valence electrons. The molecule has 0 bridgehead atoms. The van der Waals surface area contributed by atoms with Crippen molar-refractivity contribution in [2.24, 2.45) is 0 Å². The van der Waals surface area contributed by atoms with Crippen molar-refractivity contribution in [3.8, 4) is 34.2 Å². The molecule has 40 heavy (non-hydrogen) atoms. The molecule has 5 heteroatoms. The molecule has 0 saturated carbocycles. The summed E-state index contributed by atoms with van der Waals surface area (Å²) in [6.07, 6.45) is 0. The first-order valence-corrected chi connectivity index (χ1v) is 13.4. The number of rotatable bonds is 3. The van der Waals surface area contributed by atoms with Crippen molar-refractivity contribution in [2.75, 3.05) is 0 Å². The lowest BCUT2D eigenvalue weighted by molar-refractivity contribution is 0.669. The van der Waals surface area contributed by atoms with E-state index in [4.69, 9.17) is 31.0 Å². The molecule has 0 saturated heterocycles. The molecule has 2 aromatic heterocycles. The van der Waals surface area contributed by atoms with E-state index in [0.29, 0.717) is 22.5 Å². The van der Waals surface area contributed by atoms with E-state index in [2.05, 4.69) is 54.6 Å². The summed E-state index contributed by atoms with van der Waals surface area (Å²) < 4.78 is 6.18. The van der Waals surface area contributed by atoms with Gasteiger partial charge in [0.15, 0.2) is 17.5 Å². The Morgan fingerprint density at radius 1 is 0.475 bits per heavy atom. The summed E-state index contributed by atoms with van der Waals surface area (Å²) >= 11 is 6.28. The lowest BCUT2D eigenvalue weighted by Gasteiger charge is -2.12. The summed E-state index contributed by atoms with van der Waals surface area (Å²) in [7, 11) is 0. The Bertz CT molecular complexity index is 2240. The second kappa shape index (κ2) is 9.01.